The summed E-state index contributed by atoms with van der Waals surface area (Å²) < 4.78 is 28.9. The van der Waals surface area contributed by atoms with Crippen LogP contribution in [0.1, 0.15) is 19.4 Å². The zero-order valence-electron chi connectivity index (χ0n) is 16.7. The largest absolute Gasteiger partial charge is 0.453 e. The average molecular weight is 412 g/mol. The van der Waals surface area contributed by atoms with Crippen LogP contribution in [0.15, 0.2) is 29.2 Å². The summed E-state index contributed by atoms with van der Waals surface area (Å²) in [6.07, 6.45) is -0.0989. The van der Waals surface area contributed by atoms with Crippen molar-refractivity contribution in [1.82, 2.24) is 15.1 Å². The Labute approximate surface area is 166 Å². The Hall–Kier alpha value is -2.13. The summed E-state index contributed by atoms with van der Waals surface area (Å²) in [6.45, 7) is 7.26. The highest BCUT2D eigenvalue weighted by Crippen LogP contribution is 2.16. The number of hydrogen-bond donors (Lipinski definition) is 1. The predicted molar refractivity (Wildman–Crippen MR) is 106 cm³/mol. The van der Waals surface area contributed by atoms with Crippen LogP contribution >= 0.6 is 0 Å². The van der Waals surface area contributed by atoms with E-state index in [-0.39, 0.29) is 23.3 Å². The van der Waals surface area contributed by atoms with Crippen molar-refractivity contribution in [3.05, 3.63) is 29.8 Å². The molecule has 0 unspecified atom stereocenters. The number of nitrogens with zero attached hydrogens (tertiary/aromatic N) is 2. The first-order chi connectivity index (χ1) is 13.2. The van der Waals surface area contributed by atoms with Gasteiger partial charge in [0.05, 0.1) is 23.7 Å². The van der Waals surface area contributed by atoms with Gasteiger partial charge >= 0.3 is 6.09 Å². The molecule has 1 aromatic carbocycles. The second-order valence-corrected chi connectivity index (χ2v) is 9.57. The second kappa shape index (κ2) is 9.88. The van der Waals surface area contributed by atoms with E-state index in [1.54, 1.807) is 43.0 Å². The highest BCUT2D eigenvalue weighted by molar-refractivity contribution is 7.92. The van der Waals surface area contributed by atoms with Crippen LogP contribution in [0.4, 0.5) is 4.79 Å². The van der Waals surface area contributed by atoms with Gasteiger partial charge in [0.2, 0.25) is 5.91 Å². The molecule has 0 aliphatic carbocycles. The lowest BCUT2D eigenvalue weighted by atomic mass is 10.1. The van der Waals surface area contributed by atoms with Crippen molar-refractivity contribution >= 4 is 21.8 Å². The van der Waals surface area contributed by atoms with E-state index in [0.29, 0.717) is 26.2 Å². The van der Waals surface area contributed by atoms with Gasteiger partial charge in [0.15, 0.2) is 9.84 Å². The molecule has 2 amide bonds. The molecule has 1 saturated heterocycles. The van der Waals surface area contributed by atoms with Crippen molar-refractivity contribution in [2.45, 2.75) is 30.4 Å². The monoisotopic (exact) mass is 411 g/mol. The van der Waals surface area contributed by atoms with Crippen LogP contribution in [0, 0.1) is 0 Å². The van der Waals surface area contributed by atoms with Gasteiger partial charge in [-0.15, -0.1) is 0 Å². The third kappa shape index (κ3) is 5.93. The standard InChI is InChI=1S/C19H29N3O5S/c1-15(2)28(25,26)17-6-4-16(5-7-17)14-18(23)20-8-9-21-10-12-22(13-11-21)19(24)27-3/h4-7,15H,8-14H2,1-3H3,(H,20,23). The highest BCUT2D eigenvalue weighted by Gasteiger charge is 2.21. The van der Waals surface area contributed by atoms with Crippen LogP contribution in [-0.4, -0.2) is 81.8 Å². The zero-order valence-corrected chi connectivity index (χ0v) is 17.5. The molecule has 1 fully saturated rings. The number of ether oxygens (including phenoxy) is 1. The third-order valence-electron chi connectivity index (χ3n) is 4.79. The quantitative estimate of drug-likeness (QED) is 0.717. The molecule has 2 rings (SSSR count). The maximum Gasteiger partial charge on any atom is 0.409 e. The zero-order chi connectivity index (χ0) is 20.7. The predicted octanol–water partition coefficient (Wildman–Crippen LogP) is 0.911. The van der Waals surface area contributed by atoms with E-state index in [9.17, 15) is 18.0 Å². The Morgan fingerprint density at radius 1 is 1.11 bits per heavy atom. The Balaban J connectivity index is 1.73. The molecule has 9 heteroatoms. The van der Waals surface area contributed by atoms with Crippen LogP contribution in [-0.2, 0) is 25.8 Å². The van der Waals surface area contributed by atoms with Gasteiger partial charge in [0.25, 0.3) is 0 Å². The number of methoxy groups -OCH3 is 1. The molecule has 0 aromatic heterocycles. The Morgan fingerprint density at radius 3 is 2.25 bits per heavy atom. The molecule has 1 aliphatic rings. The number of rotatable bonds is 7. The van der Waals surface area contributed by atoms with Crippen molar-refractivity contribution in [3.63, 3.8) is 0 Å². The van der Waals surface area contributed by atoms with E-state index in [1.165, 1.54) is 7.11 Å². The molecular weight excluding hydrogens is 382 g/mol. The van der Waals surface area contributed by atoms with Crippen LogP contribution in [0.5, 0.6) is 0 Å². The number of hydrogen-bond acceptors (Lipinski definition) is 6. The van der Waals surface area contributed by atoms with Crippen molar-refractivity contribution < 1.29 is 22.7 Å². The van der Waals surface area contributed by atoms with Crippen molar-refractivity contribution in [2.75, 3.05) is 46.4 Å². The molecule has 0 atom stereocenters. The van der Waals surface area contributed by atoms with E-state index < -0.39 is 15.1 Å². The fourth-order valence-electron chi connectivity index (χ4n) is 2.95. The summed E-state index contributed by atoms with van der Waals surface area (Å²) in [5.74, 6) is -0.104. The molecular formula is C19H29N3O5S. The number of carbonyl (C=O) groups is 2. The summed E-state index contributed by atoms with van der Waals surface area (Å²) in [5.41, 5.74) is 0.770. The van der Waals surface area contributed by atoms with Crippen LogP contribution in [0.2, 0.25) is 0 Å². The number of carbonyl (C=O) groups excluding carboxylic acids is 2. The first kappa shape index (κ1) is 22.2. The fourth-order valence-corrected chi connectivity index (χ4v) is 4.01. The topological polar surface area (TPSA) is 96.0 Å². The smallest absolute Gasteiger partial charge is 0.409 e. The Bertz CT molecular complexity index is 769. The van der Waals surface area contributed by atoms with E-state index in [0.717, 1.165) is 18.7 Å². The normalized spacial score (nSPS) is 15.5. The van der Waals surface area contributed by atoms with Crippen LogP contribution in [0.3, 0.4) is 0 Å². The lowest BCUT2D eigenvalue weighted by molar-refractivity contribution is -0.120. The van der Waals surface area contributed by atoms with Gasteiger partial charge < -0.3 is 15.0 Å². The third-order valence-corrected chi connectivity index (χ3v) is 6.96. The fraction of sp³-hybridized carbons (Fsp3) is 0.579. The van der Waals surface area contributed by atoms with Crippen molar-refractivity contribution in [3.8, 4) is 0 Å². The molecule has 8 nitrogen and oxygen atoms in total. The minimum absolute atomic E-state index is 0.104. The SMILES string of the molecule is COC(=O)N1CCN(CCNC(=O)Cc2ccc(S(=O)(=O)C(C)C)cc2)CC1. The van der Waals surface area contributed by atoms with E-state index in [2.05, 4.69) is 10.2 Å². The minimum Gasteiger partial charge on any atom is -0.453 e. The molecule has 0 spiro atoms. The molecule has 1 aliphatic heterocycles. The highest BCUT2D eigenvalue weighted by atomic mass is 32.2. The van der Waals surface area contributed by atoms with Crippen LogP contribution in [0.25, 0.3) is 0 Å². The number of amides is 2. The van der Waals surface area contributed by atoms with Gasteiger partial charge in [-0.25, -0.2) is 13.2 Å². The molecule has 156 valence electrons. The van der Waals surface area contributed by atoms with Gasteiger partial charge in [-0.3, -0.25) is 9.69 Å². The van der Waals surface area contributed by atoms with Gasteiger partial charge in [0, 0.05) is 39.3 Å². The molecule has 1 N–H and O–H groups in total. The summed E-state index contributed by atoms with van der Waals surface area (Å²) in [5, 5.41) is 2.41. The van der Waals surface area contributed by atoms with Crippen molar-refractivity contribution in [2.24, 2.45) is 0 Å². The number of sulfone groups is 1. The maximum absolute atomic E-state index is 12.1. The lowest BCUT2D eigenvalue weighted by Gasteiger charge is -2.33. The number of piperazine rings is 1. The Morgan fingerprint density at radius 2 is 1.71 bits per heavy atom. The summed E-state index contributed by atoms with van der Waals surface area (Å²) in [4.78, 5) is 27.7. The number of benzene rings is 1. The maximum atomic E-state index is 12.1. The minimum atomic E-state index is -3.30. The molecule has 0 saturated carbocycles. The lowest BCUT2D eigenvalue weighted by Crippen LogP contribution is -2.50. The molecule has 1 aromatic rings. The summed E-state index contributed by atoms with van der Waals surface area (Å²) in [7, 11) is -1.92. The van der Waals surface area contributed by atoms with Gasteiger partial charge in [-0.1, -0.05) is 12.1 Å². The van der Waals surface area contributed by atoms with E-state index in [1.807, 2.05) is 0 Å². The molecule has 1 heterocycles. The first-order valence-corrected chi connectivity index (χ1v) is 10.9. The number of nitrogens with one attached hydrogen (secondary N) is 1. The van der Waals surface area contributed by atoms with Gasteiger partial charge in [-0.2, -0.15) is 0 Å². The average Bonchev–Trinajstić information content (AvgIpc) is 2.68. The van der Waals surface area contributed by atoms with Gasteiger partial charge in [0.1, 0.15) is 0 Å². The van der Waals surface area contributed by atoms with E-state index >= 15 is 0 Å². The molecule has 0 radical (unpaired) electrons. The first-order valence-electron chi connectivity index (χ1n) is 9.39. The van der Waals surface area contributed by atoms with E-state index in [4.69, 9.17) is 4.74 Å². The van der Waals surface area contributed by atoms with Crippen molar-refractivity contribution in [1.29, 1.82) is 0 Å². The summed E-state index contributed by atoms with van der Waals surface area (Å²) >= 11 is 0. The Kier molecular flexibility index (Phi) is 7.82. The van der Waals surface area contributed by atoms with Crippen LogP contribution < -0.4 is 5.32 Å². The molecule has 0 bridgehead atoms. The summed E-state index contributed by atoms with van der Waals surface area (Å²) in [6, 6.07) is 6.47. The molecule has 28 heavy (non-hydrogen) atoms. The van der Waals surface area contributed by atoms with Gasteiger partial charge in [-0.05, 0) is 31.5 Å². The second-order valence-electron chi connectivity index (χ2n) is 7.06.